The highest BCUT2D eigenvalue weighted by atomic mass is 15.3. The maximum Gasteiger partial charge on any atom is 0.227 e. The van der Waals surface area contributed by atoms with Gasteiger partial charge < -0.3 is 14.0 Å². The molecule has 0 N–H and O–H groups in total. The van der Waals surface area contributed by atoms with Crippen LogP contribution in [0.4, 0.5) is 5.95 Å². The fraction of sp³-hybridized carbons (Fsp3) is 0.517. The van der Waals surface area contributed by atoms with E-state index in [1.54, 1.807) is 0 Å². The highest BCUT2D eigenvalue weighted by molar-refractivity contribution is 5.75. The number of anilines is 1. The van der Waals surface area contributed by atoms with Crippen LogP contribution in [0.5, 0.6) is 0 Å². The van der Waals surface area contributed by atoms with E-state index >= 15 is 0 Å². The van der Waals surface area contributed by atoms with Gasteiger partial charge in [0.05, 0.1) is 17.7 Å². The van der Waals surface area contributed by atoms with Gasteiger partial charge in [-0.25, -0.2) is 15.0 Å². The van der Waals surface area contributed by atoms with Crippen LogP contribution in [-0.4, -0.2) is 42.2 Å². The molecule has 1 saturated heterocycles. The number of piperidine rings is 1. The third-order valence-electron chi connectivity index (χ3n) is 7.59. The van der Waals surface area contributed by atoms with Crippen molar-refractivity contribution in [2.24, 2.45) is 7.05 Å². The van der Waals surface area contributed by atoms with Gasteiger partial charge in [0, 0.05) is 45.2 Å². The Bertz CT molecular complexity index is 1380. The number of hydrogen-bond donors (Lipinski definition) is 0. The SMILES string of the molecule is CCc1nc(C)cn1C1CCN(c2nc(Cc3cc(C(C)(C)C)ccc3C)c3c(ncn3C)n2)CC1. The first kappa shape index (κ1) is 24.5. The fourth-order valence-corrected chi connectivity index (χ4v) is 5.39. The number of aryl methyl sites for hydroxylation is 4. The molecule has 7 nitrogen and oxygen atoms in total. The van der Waals surface area contributed by atoms with E-state index < -0.39 is 0 Å². The molecular formula is C29H39N7. The second-order valence-electron chi connectivity index (χ2n) is 11.3. The third-order valence-corrected chi connectivity index (χ3v) is 7.59. The van der Waals surface area contributed by atoms with Crippen LogP contribution in [0.25, 0.3) is 11.2 Å². The molecule has 1 fully saturated rings. The van der Waals surface area contributed by atoms with Crippen LogP contribution < -0.4 is 4.90 Å². The quantitative estimate of drug-likeness (QED) is 0.375. The predicted octanol–water partition coefficient (Wildman–Crippen LogP) is 5.47. The molecular weight excluding hydrogens is 446 g/mol. The Balaban J connectivity index is 1.44. The van der Waals surface area contributed by atoms with Gasteiger partial charge in [0.15, 0.2) is 5.65 Å². The molecule has 0 unspecified atom stereocenters. The van der Waals surface area contributed by atoms with Crippen LogP contribution in [0.1, 0.15) is 80.5 Å². The highest BCUT2D eigenvalue weighted by Crippen LogP contribution is 2.30. The second-order valence-corrected chi connectivity index (χ2v) is 11.3. The molecule has 0 aliphatic carbocycles. The number of nitrogens with zero attached hydrogens (tertiary/aromatic N) is 7. The normalized spacial score (nSPS) is 15.2. The van der Waals surface area contributed by atoms with Gasteiger partial charge in [-0.05, 0) is 48.8 Å². The third kappa shape index (κ3) is 4.63. The molecule has 3 aromatic heterocycles. The monoisotopic (exact) mass is 485 g/mol. The summed E-state index contributed by atoms with van der Waals surface area (Å²) in [5.41, 5.74) is 8.02. The first-order valence-corrected chi connectivity index (χ1v) is 13.2. The topological polar surface area (TPSA) is 64.7 Å². The number of aromatic nitrogens is 6. The van der Waals surface area contributed by atoms with Gasteiger partial charge in [0.25, 0.3) is 0 Å². The lowest BCUT2D eigenvalue weighted by atomic mass is 9.84. The maximum atomic E-state index is 5.16. The zero-order valence-corrected chi connectivity index (χ0v) is 22.8. The van der Waals surface area contributed by atoms with Crippen LogP contribution >= 0.6 is 0 Å². The fourth-order valence-electron chi connectivity index (χ4n) is 5.39. The van der Waals surface area contributed by atoms with Gasteiger partial charge in [-0.3, -0.25) is 0 Å². The smallest absolute Gasteiger partial charge is 0.227 e. The molecule has 190 valence electrons. The number of benzene rings is 1. The summed E-state index contributed by atoms with van der Waals surface area (Å²) in [6.45, 7) is 15.1. The Morgan fingerprint density at radius 3 is 2.47 bits per heavy atom. The Labute approximate surface area is 214 Å². The van der Waals surface area contributed by atoms with Crippen LogP contribution in [0.15, 0.2) is 30.7 Å². The van der Waals surface area contributed by atoms with E-state index in [1.807, 2.05) is 13.4 Å². The molecule has 36 heavy (non-hydrogen) atoms. The molecule has 1 aliphatic rings. The standard InChI is InChI=1S/C29H39N7/c1-8-25-31-20(3)17-36(25)23-11-13-35(14-12-23)28-32-24(26-27(33-28)30-18-34(26)7)16-21-15-22(29(4,5)6)10-9-19(21)2/h9-10,15,17-18,23H,8,11-14,16H2,1-7H3. The van der Waals surface area contributed by atoms with Gasteiger partial charge in [0.2, 0.25) is 5.95 Å². The molecule has 0 bridgehead atoms. The van der Waals surface area contributed by atoms with Crippen molar-refractivity contribution in [1.29, 1.82) is 0 Å². The summed E-state index contributed by atoms with van der Waals surface area (Å²) in [5.74, 6) is 1.99. The van der Waals surface area contributed by atoms with Gasteiger partial charge in [-0.1, -0.05) is 45.9 Å². The average Bonchev–Trinajstić information content (AvgIpc) is 3.42. The van der Waals surface area contributed by atoms with E-state index in [0.29, 0.717) is 6.04 Å². The van der Waals surface area contributed by atoms with E-state index in [9.17, 15) is 0 Å². The summed E-state index contributed by atoms with van der Waals surface area (Å²) in [5, 5.41) is 0. The summed E-state index contributed by atoms with van der Waals surface area (Å²) >= 11 is 0. The Morgan fingerprint density at radius 1 is 1.03 bits per heavy atom. The van der Waals surface area contributed by atoms with Crippen molar-refractivity contribution in [1.82, 2.24) is 29.1 Å². The number of fused-ring (bicyclic) bond motifs is 1. The molecule has 4 heterocycles. The molecule has 0 radical (unpaired) electrons. The summed E-state index contributed by atoms with van der Waals surface area (Å²) in [6.07, 6.45) is 7.92. The average molecular weight is 486 g/mol. The van der Waals surface area contributed by atoms with Crippen LogP contribution in [0, 0.1) is 13.8 Å². The molecule has 0 spiro atoms. The Morgan fingerprint density at radius 2 is 1.78 bits per heavy atom. The van der Waals surface area contributed by atoms with Gasteiger partial charge >= 0.3 is 0 Å². The molecule has 0 amide bonds. The zero-order chi connectivity index (χ0) is 25.6. The van der Waals surface area contributed by atoms with Crippen LogP contribution in [-0.2, 0) is 25.3 Å². The lowest BCUT2D eigenvalue weighted by Gasteiger charge is -2.33. The number of imidazole rings is 2. The Kier molecular flexibility index (Phi) is 6.35. The second kappa shape index (κ2) is 9.34. The molecule has 7 heteroatoms. The summed E-state index contributed by atoms with van der Waals surface area (Å²) in [4.78, 5) is 21.7. The first-order valence-electron chi connectivity index (χ1n) is 13.2. The van der Waals surface area contributed by atoms with Crippen molar-refractivity contribution >= 4 is 17.1 Å². The van der Waals surface area contributed by atoms with Gasteiger partial charge in [-0.15, -0.1) is 0 Å². The van der Waals surface area contributed by atoms with E-state index in [4.69, 9.17) is 15.0 Å². The van der Waals surface area contributed by atoms with Crippen molar-refractivity contribution in [2.45, 2.75) is 78.7 Å². The molecule has 1 aliphatic heterocycles. The van der Waals surface area contributed by atoms with Crippen molar-refractivity contribution in [3.05, 3.63) is 64.6 Å². The Hall–Kier alpha value is -3.22. The van der Waals surface area contributed by atoms with Crippen molar-refractivity contribution in [2.75, 3.05) is 18.0 Å². The predicted molar refractivity (Wildman–Crippen MR) is 146 cm³/mol. The van der Waals surface area contributed by atoms with Crippen LogP contribution in [0.3, 0.4) is 0 Å². The lowest BCUT2D eigenvalue weighted by Crippen LogP contribution is -2.36. The molecule has 1 aromatic carbocycles. The van der Waals surface area contributed by atoms with E-state index in [-0.39, 0.29) is 5.41 Å². The number of rotatable bonds is 5. The van der Waals surface area contributed by atoms with Gasteiger partial charge in [0.1, 0.15) is 11.3 Å². The minimum Gasteiger partial charge on any atom is -0.341 e. The molecule has 4 aromatic rings. The van der Waals surface area contributed by atoms with Crippen molar-refractivity contribution < 1.29 is 0 Å². The highest BCUT2D eigenvalue weighted by Gasteiger charge is 2.25. The van der Waals surface area contributed by atoms with Gasteiger partial charge in [-0.2, -0.15) is 4.98 Å². The minimum atomic E-state index is 0.108. The number of hydrogen-bond acceptors (Lipinski definition) is 5. The van der Waals surface area contributed by atoms with Crippen molar-refractivity contribution in [3.8, 4) is 0 Å². The maximum absolute atomic E-state index is 5.16. The minimum absolute atomic E-state index is 0.108. The molecule has 5 rings (SSSR count). The lowest BCUT2D eigenvalue weighted by molar-refractivity contribution is 0.384. The van der Waals surface area contributed by atoms with Crippen LogP contribution in [0.2, 0.25) is 0 Å². The summed E-state index contributed by atoms with van der Waals surface area (Å²) < 4.78 is 4.45. The van der Waals surface area contributed by atoms with Crippen molar-refractivity contribution in [3.63, 3.8) is 0 Å². The summed E-state index contributed by atoms with van der Waals surface area (Å²) in [7, 11) is 2.03. The van der Waals surface area contributed by atoms with E-state index in [2.05, 4.69) is 85.0 Å². The molecule has 0 atom stereocenters. The van der Waals surface area contributed by atoms with E-state index in [1.165, 1.54) is 22.5 Å². The zero-order valence-electron chi connectivity index (χ0n) is 22.8. The molecule has 0 saturated carbocycles. The first-order chi connectivity index (χ1) is 17.1. The largest absolute Gasteiger partial charge is 0.341 e. The summed E-state index contributed by atoms with van der Waals surface area (Å²) in [6, 6.07) is 7.33. The van der Waals surface area contributed by atoms with E-state index in [0.717, 1.165) is 67.3 Å².